The van der Waals surface area contributed by atoms with Crippen molar-refractivity contribution >= 4 is 23.1 Å². The summed E-state index contributed by atoms with van der Waals surface area (Å²) < 4.78 is 4.50. The Morgan fingerprint density at radius 3 is 2.62 bits per heavy atom. The Labute approximate surface area is 104 Å². The van der Waals surface area contributed by atoms with E-state index >= 15 is 0 Å². The zero-order valence-electron chi connectivity index (χ0n) is 8.93. The second kappa shape index (κ2) is 5.39. The molecule has 1 aromatic heterocycles. The molecule has 0 amide bonds. The SMILES string of the molecule is CN(Cc1ccccc1)Cc1nnsc1Cl. The number of hydrogen-bond acceptors (Lipinski definition) is 4. The molecule has 0 bridgehead atoms. The zero-order valence-corrected chi connectivity index (χ0v) is 10.5. The predicted octanol–water partition coefficient (Wildman–Crippen LogP) is 2.82. The molecule has 0 spiro atoms. The maximum absolute atomic E-state index is 5.95. The second-order valence-electron chi connectivity index (χ2n) is 3.65. The highest BCUT2D eigenvalue weighted by atomic mass is 35.5. The van der Waals surface area contributed by atoms with Crippen LogP contribution in [0, 0.1) is 0 Å². The number of benzene rings is 1. The Balaban J connectivity index is 1.95. The van der Waals surface area contributed by atoms with Crippen molar-refractivity contribution in [2.45, 2.75) is 13.1 Å². The fraction of sp³-hybridized carbons (Fsp3) is 0.273. The van der Waals surface area contributed by atoms with E-state index in [1.54, 1.807) is 0 Å². The fourth-order valence-electron chi connectivity index (χ4n) is 1.50. The van der Waals surface area contributed by atoms with Gasteiger partial charge in [-0.2, -0.15) is 0 Å². The monoisotopic (exact) mass is 253 g/mol. The summed E-state index contributed by atoms with van der Waals surface area (Å²) in [6.45, 7) is 1.61. The Morgan fingerprint density at radius 2 is 2.00 bits per heavy atom. The van der Waals surface area contributed by atoms with Crippen LogP contribution in [-0.2, 0) is 13.1 Å². The molecule has 0 unspecified atom stereocenters. The van der Waals surface area contributed by atoms with Gasteiger partial charge in [0.2, 0.25) is 0 Å². The molecule has 2 aromatic rings. The molecule has 3 nitrogen and oxygen atoms in total. The summed E-state index contributed by atoms with van der Waals surface area (Å²) in [4.78, 5) is 2.16. The van der Waals surface area contributed by atoms with Crippen LogP contribution in [-0.4, -0.2) is 21.5 Å². The summed E-state index contributed by atoms with van der Waals surface area (Å²) in [7, 11) is 2.04. The summed E-state index contributed by atoms with van der Waals surface area (Å²) in [5, 5.41) is 3.99. The number of rotatable bonds is 4. The molecule has 2 rings (SSSR count). The molecule has 0 aliphatic rings. The normalized spacial score (nSPS) is 10.9. The maximum atomic E-state index is 5.95. The average Bonchev–Trinajstić information content (AvgIpc) is 2.66. The molecule has 0 aliphatic carbocycles. The van der Waals surface area contributed by atoms with E-state index in [1.807, 2.05) is 25.2 Å². The summed E-state index contributed by atoms with van der Waals surface area (Å²) in [6, 6.07) is 10.3. The molecule has 0 aliphatic heterocycles. The van der Waals surface area contributed by atoms with E-state index in [0.29, 0.717) is 4.34 Å². The molecular formula is C11H12ClN3S. The Morgan fingerprint density at radius 1 is 1.25 bits per heavy atom. The first-order valence-electron chi connectivity index (χ1n) is 4.95. The van der Waals surface area contributed by atoms with Crippen molar-refractivity contribution in [2.24, 2.45) is 0 Å². The molecule has 1 heterocycles. The van der Waals surface area contributed by atoms with Crippen molar-refractivity contribution in [3.63, 3.8) is 0 Å². The van der Waals surface area contributed by atoms with Gasteiger partial charge in [0.15, 0.2) is 0 Å². The van der Waals surface area contributed by atoms with Gasteiger partial charge in [-0.3, -0.25) is 4.90 Å². The smallest absolute Gasteiger partial charge is 0.138 e. The third-order valence-corrected chi connectivity index (χ3v) is 3.21. The Kier molecular flexibility index (Phi) is 3.88. The molecule has 0 atom stereocenters. The van der Waals surface area contributed by atoms with Gasteiger partial charge in [0.05, 0.1) is 0 Å². The topological polar surface area (TPSA) is 29.0 Å². The summed E-state index contributed by atoms with van der Waals surface area (Å²) in [5.74, 6) is 0. The van der Waals surface area contributed by atoms with Crippen molar-refractivity contribution in [3.05, 3.63) is 45.9 Å². The quantitative estimate of drug-likeness (QED) is 0.839. The van der Waals surface area contributed by atoms with Gasteiger partial charge in [0, 0.05) is 24.6 Å². The van der Waals surface area contributed by atoms with Gasteiger partial charge >= 0.3 is 0 Å². The van der Waals surface area contributed by atoms with E-state index in [0.717, 1.165) is 18.8 Å². The number of aromatic nitrogens is 2. The van der Waals surface area contributed by atoms with Crippen LogP contribution in [0.25, 0.3) is 0 Å². The molecule has 16 heavy (non-hydrogen) atoms. The van der Waals surface area contributed by atoms with Gasteiger partial charge in [0.1, 0.15) is 10.0 Å². The molecule has 0 fully saturated rings. The van der Waals surface area contributed by atoms with Crippen LogP contribution in [0.4, 0.5) is 0 Å². The predicted molar refractivity (Wildman–Crippen MR) is 66.5 cm³/mol. The van der Waals surface area contributed by atoms with E-state index in [-0.39, 0.29) is 0 Å². The van der Waals surface area contributed by atoms with Crippen molar-refractivity contribution in [3.8, 4) is 0 Å². The molecule has 84 valence electrons. The highest BCUT2D eigenvalue weighted by Crippen LogP contribution is 2.18. The van der Waals surface area contributed by atoms with Crippen molar-refractivity contribution < 1.29 is 0 Å². The van der Waals surface area contributed by atoms with E-state index in [4.69, 9.17) is 11.6 Å². The second-order valence-corrected chi connectivity index (χ2v) is 5.01. The third kappa shape index (κ3) is 3.01. The van der Waals surface area contributed by atoms with Gasteiger partial charge in [-0.05, 0) is 12.6 Å². The van der Waals surface area contributed by atoms with Crippen molar-refractivity contribution in [2.75, 3.05) is 7.05 Å². The summed E-state index contributed by atoms with van der Waals surface area (Å²) in [6.07, 6.45) is 0. The van der Waals surface area contributed by atoms with E-state index in [9.17, 15) is 0 Å². The standard InChI is InChI=1S/C11H12ClN3S/c1-15(7-9-5-3-2-4-6-9)8-10-11(12)16-14-13-10/h2-6H,7-8H2,1H3. The molecular weight excluding hydrogens is 242 g/mol. The molecule has 0 saturated heterocycles. The molecule has 1 aromatic carbocycles. The zero-order chi connectivity index (χ0) is 11.4. The van der Waals surface area contributed by atoms with E-state index in [2.05, 4.69) is 26.6 Å². The number of hydrogen-bond donors (Lipinski definition) is 0. The minimum Gasteiger partial charge on any atom is -0.296 e. The number of nitrogens with zero attached hydrogens (tertiary/aromatic N) is 3. The van der Waals surface area contributed by atoms with Gasteiger partial charge in [-0.1, -0.05) is 46.4 Å². The van der Waals surface area contributed by atoms with Crippen molar-refractivity contribution in [1.82, 2.24) is 14.5 Å². The highest BCUT2D eigenvalue weighted by Gasteiger charge is 2.08. The van der Waals surface area contributed by atoms with Crippen LogP contribution in [0.3, 0.4) is 0 Å². The minimum atomic E-state index is 0.680. The van der Waals surface area contributed by atoms with Crippen LogP contribution in [0.1, 0.15) is 11.3 Å². The molecule has 0 N–H and O–H groups in total. The molecule has 0 saturated carbocycles. The lowest BCUT2D eigenvalue weighted by Gasteiger charge is -2.14. The van der Waals surface area contributed by atoms with E-state index < -0.39 is 0 Å². The van der Waals surface area contributed by atoms with Crippen LogP contribution < -0.4 is 0 Å². The summed E-state index contributed by atoms with van der Waals surface area (Å²) >= 11 is 7.18. The lowest BCUT2D eigenvalue weighted by atomic mass is 10.2. The minimum absolute atomic E-state index is 0.680. The first-order valence-corrected chi connectivity index (χ1v) is 6.10. The van der Waals surface area contributed by atoms with Crippen LogP contribution in [0.15, 0.2) is 30.3 Å². The van der Waals surface area contributed by atoms with Crippen LogP contribution >= 0.6 is 23.1 Å². The van der Waals surface area contributed by atoms with Gasteiger partial charge in [0.25, 0.3) is 0 Å². The highest BCUT2D eigenvalue weighted by molar-refractivity contribution is 7.10. The molecule has 0 radical (unpaired) electrons. The van der Waals surface area contributed by atoms with Gasteiger partial charge in [-0.25, -0.2) is 0 Å². The average molecular weight is 254 g/mol. The lowest BCUT2D eigenvalue weighted by molar-refractivity contribution is 0.315. The molecule has 5 heteroatoms. The third-order valence-electron chi connectivity index (χ3n) is 2.22. The Bertz CT molecular complexity index is 444. The lowest BCUT2D eigenvalue weighted by Crippen LogP contribution is -2.17. The first-order chi connectivity index (χ1) is 7.75. The summed E-state index contributed by atoms with van der Waals surface area (Å²) in [5.41, 5.74) is 2.13. The number of halogens is 1. The van der Waals surface area contributed by atoms with Crippen LogP contribution in [0.2, 0.25) is 4.34 Å². The van der Waals surface area contributed by atoms with Crippen molar-refractivity contribution in [1.29, 1.82) is 0 Å². The Hall–Kier alpha value is -0.970. The fourth-order valence-corrected chi connectivity index (χ4v) is 2.11. The largest absolute Gasteiger partial charge is 0.296 e. The van der Waals surface area contributed by atoms with E-state index in [1.165, 1.54) is 17.1 Å². The maximum Gasteiger partial charge on any atom is 0.138 e. The van der Waals surface area contributed by atoms with Gasteiger partial charge in [-0.15, -0.1) is 5.10 Å². The van der Waals surface area contributed by atoms with Crippen LogP contribution in [0.5, 0.6) is 0 Å². The van der Waals surface area contributed by atoms with Gasteiger partial charge < -0.3 is 0 Å². The first kappa shape index (κ1) is 11.5.